The predicted molar refractivity (Wildman–Crippen MR) is 26.3 cm³/mol. The molecule has 4 nitrogen and oxygen atoms in total. The van der Waals surface area contributed by atoms with Gasteiger partial charge in [-0.05, 0) is 0 Å². The fraction of sp³-hybridized carbons (Fsp3) is 0. The van der Waals surface area contributed by atoms with Gasteiger partial charge in [0.1, 0.15) is 0 Å². The first-order valence-electron chi connectivity index (χ1n) is 0.698. The summed E-state index contributed by atoms with van der Waals surface area (Å²) in [6.07, 6.45) is 0. The van der Waals surface area contributed by atoms with Gasteiger partial charge in [0, 0.05) is 0 Å². The fourth-order valence-electron chi connectivity index (χ4n) is 0. The number of hydrogen-bond acceptors (Lipinski definition) is 2. The van der Waals surface area contributed by atoms with E-state index in [1.807, 2.05) is 0 Å². The van der Waals surface area contributed by atoms with E-state index in [4.69, 9.17) is 17.5 Å². The van der Waals surface area contributed by atoms with E-state index in [0.29, 0.717) is 0 Å². The van der Waals surface area contributed by atoms with E-state index in [1.54, 1.807) is 0 Å². The van der Waals surface area contributed by atoms with Crippen LogP contribution in [0.4, 0.5) is 0 Å². The van der Waals surface area contributed by atoms with Crippen LogP contribution in [0.2, 0.25) is 0 Å². The highest BCUT2D eigenvalue weighted by Crippen LogP contribution is 1.59. The van der Waals surface area contributed by atoms with Crippen LogP contribution in [0.1, 0.15) is 2.85 Å². The Kier molecular flexibility index (Phi) is 4.10. The molecule has 0 heterocycles. The van der Waals surface area contributed by atoms with Gasteiger partial charge in [0.05, 0.1) is 0 Å². The van der Waals surface area contributed by atoms with Gasteiger partial charge in [-0.2, -0.15) is 8.42 Å². The maximum atomic E-state index is 8.74. The van der Waals surface area contributed by atoms with Crippen LogP contribution in [0.25, 0.3) is 0 Å². The Morgan fingerprint density at radius 3 is 1.33 bits per heavy atom. The molecule has 38 valence electrons. The topological polar surface area (TPSA) is 74.6 Å². The highest BCUT2D eigenvalue weighted by Gasteiger charge is 1.84. The summed E-state index contributed by atoms with van der Waals surface area (Å²) in [6.45, 7) is 0. The standard InChI is InChI=1S/Al.H2O4S.3H/c;1-5(2,3)4;;;/h;(H2,1,2,3,4);;;/p+2. The Labute approximate surface area is 48.8 Å². The quantitative estimate of drug-likeness (QED) is 0.305. The molecule has 0 aliphatic heterocycles. The second kappa shape index (κ2) is 2.55. The summed E-state index contributed by atoms with van der Waals surface area (Å²) >= 11 is 0. The lowest BCUT2D eigenvalue weighted by Crippen LogP contribution is -1.89. The first-order valence-corrected chi connectivity index (χ1v) is 2.10. The van der Waals surface area contributed by atoms with Crippen molar-refractivity contribution in [1.82, 2.24) is 0 Å². The molecule has 2 N–H and O–H groups in total. The summed E-state index contributed by atoms with van der Waals surface area (Å²) in [4.78, 5) is 0. The maximum absolute atomic E-state index is 8.74. The smallest absolute Gasteiger partial charge is 0.264 e. The van der Waals surface area contributed by atoms with Gasteiger partial charge in [-0.25, -0.2) is 0 Å². The van der Waals surface area contributed by atoms with Gasteiger partial charge in [0.15, 0.2) is 17.4 Å². The van der Waals surface area contributed by atoms with E-state index in [0.717, 1.165) is 0 Å². The summed E-state index contributed by atoms with van der Waals surface area (Å²) in [5.74, 6) is 0. The maximum Gasteiger partial charge on any atom is 1.00 e. The minimum absolute atomic E-state index is 0. The molecule has 0 aromatic heterocycles. The van der Waals surface area contributed by atoms with Gasteiger partial charge in [0.2, 0.25) is 0 Å². The molecule has 0 rings (SSSR count). The minimum Gasteiger partial charge on any atom is -0.264 e. The van der Waals surface area contributed by atoms with Gasteiger partial charge in [-0.3, -0.25) is 9.11 Å². The molecule has 0 fully saturated rings. The van der Waals surface area contributed by atoms with Crippen molar-refractivity contribution < 1.29 is 20.4 Å². The van der Waals surface area contributed by atoms with E-state index >= 15 is 0 Å². The van der Waals surface area contributed by atoms with E-state index in [9.17, 15) is 0 Å². The molecule has 0 saturated carbocycles. The predicted octanol–water partition coefficient (Wildman–Crippen LogP) is -1.61. The molecular formula is H7AlO4S+2. The monoisotopic (exact) mass is 130 g/mol. The van der Waals surface area contributed by atoms with Crippen LogP contribution in [0, 0.1) is 0 Å². The molecular weight excluding hydrogens is 123 g/mol. The van der Waals surface area contributed by atoms with E-state index in [2.05, 4.69) is 0 Å². The van der Waals surface area contributed by atoms with Crippen molar-refractivity contribution >= 4 is 27.8 Å². The Morgan fingerprint density at radius 1 is 1.33 bits per heavy atom. The van der Waals surface area contributed by atoms with Crippen molar-refractivity contribution in [2.75, 3.05) is 0 Å². The van der Waals surface area contributed by atoms with Gasteiger partial charge in [-0.1, -0.05) is 0 Å². The molecule has 0 aromatic carbocycles. The van der Waals surface area contributed by atoms with Crippen LogP contribution in [0.5, 0.6) is 0 Å². The highest BCUT2D eigenvalue weighted by atomic mass is 32.3. The third-order valence-electron chi connectivity index (χ3n) is 0. The Morgan fingerprint density at radius 2 is 1.33 bits per heavy atom. The van der Waals surface area contributed by atoms with Crippen molar-refractivity contribution in [1.29, 1.82) is 0 Å². The Bertz CT molecular complexity index is 97.2. The lowest BCUT2D eigenvalue weighted by Gasteiger charge is -1.68. The van der Waals surface area contributed by atoms with Crippen molar-refractivity contribution in [3.05, 3.63) is 0 Å². The molecule has 0 saturated heterocycles. The fourth-order valence-corrected chi connectivity index (χ4v) is 0. The van der Waals surface area contributed by atoms with Crippen LogP contribution in [-0.2, 0) is 10.4 Å². The first-order chi connectivity index (χ1) is 2.00. The zero-order chi connectivity index (χ0) is 4.50. The molecule has 0 radical (unpaired) electrons. The van der Waals surface area contributed by atoms with Crippen LogP contribution < -0.4 is 0 Å². The molecule has 0 aliphatic rings. The second-order valence-electron chi connectivity index (χ2n) is 0.448. The lowest BCUT2D eigenvalue weighted by atomic mass is 15.8. The SMILES string of the molecule is O=S(=O)(O)O.[AlH3].[H+].[H+]. The largest absolute Gasteiger partial charge is 1.00 e. The molecule has 0 bridgehead atoms. The van der Waals surface area contributed by atoms with Gasteiger partial charge in [-0.15, -0.1) is 0 Å². The Balaban J connectivity index is -0.0000000267. The molecule has 0 atom stereocenters. The van der Waals surface area contributed by atoms with Crippen molar-refractivity contribution in [2.45, 2.75) is 0 Å². The van der Waals surface area contributed by atoms with Gasteiger partial charge >= 0.3 is 13.3 Å². The first kappa shape index (κ1) is 9.64. The molecule has 0 aromatic rings. The molecule has 0 spiro atoms. The Hall–Kier alpha value is 0.402. The minimum atomic E-state index is -4.67. The third kappa shape index (κ3) is 315. The summed E-state index contributed by atoms with van der Waals surface area (Å²) in [5.41, 5.74) is 0. The summed E-state index contributed by atoms with van der Waals surface area (Å²) < 4.78 is 31.6. The average Bonchev–Trinajstić information content (AvgIpc) is 0.722. The zero-order valence-corrected chi connectivity index (χ0v) is 2.94. The van der Waals surface area contributed by atoms with Crippen molar-refractivity contribution in [3.8, 4) is 0 Å². The molecule has 0 amide bonds. The van der Waals surface area contributed by atoms with E-state index in [1.165, 1.54) is 0 Å². The summed E-state index contributed by atoms with van der Waals surface area (Å²) in [7, 11) is -4.67. The lowest BCUT2D eigenvalue weighted by molar-refractivity contribution is 0.381. The number of hydrogen-bond donors (Lipinski definition) is 2. The zero-order valence-electron chi connectivity index (χ0n) is 4.12. The number of rotatable bonds is 0. The second-order valence-corrected chi connectivity index (χ2v) is 1.34. The van der Waals surface area contributed by atoms with Crippen molar-refractivity contribution in [2.24, 2.45) is 0 Å². The normalized spacial score (nSPS) is 9.67. The van der Waals surface area contributed by atoms with Crippen LogP contribution in [-0.4, -0.2) is 34.9 Å². The average molecular weight is 130 g/mol. The van der Waals surface area contributed by atoms with Crippen LogP contribution in [0.3, 0.4) is 0 Å². The van der Waals surface area contributed by atoms with Crippen molar-refractivity contribution in [3.63, 3.8) is 0 Å². The third-order valence-corrected chi connectivity index (χ3v) is 0. The highest BCUT2D eigenvalue weighted by molar-refractivity contribution is 7.79. The van der Waals surface area contributed by atoms with Crippen LogP contribution in [0.15, 0.2) is 0 Å². The van der Waals surface area contributed by atoms with E-state index < -0.39 is 10.4 Å². The summed E-state index contributed by atoms with van der Waals surface area (Å²) in [5, 5.41) is 0. The summed E-state index contributed by atoms with van der Waals surface area (Å²) in [6, 6.07) is 0. The van der Waals surface area contributed by atoms with Gasteiger partial charge in [0.25, 0.3) is 0 Å². The molecule has 6 heavy (non-hydrogen) atoms. The molecule has 0 aliphatic carbocycles. The van der Waals surface area contributed by atoms with Gasteiger partial charge < -0.3 is 0 Å². The van der Waals surface area contributed by atoms with E-state index in [-0.39, 0.29) is 20.2 Å². The molecule has 6 heteroatoms. The van der Waals surface area contributed by atoms with Crippen LogP contribution >= 0.6 is 0 Å². The molecule has 0 unspecified atom stereocenters.